The molecule has 0 aromatic carbocycles. The van der Waals surface area contributed by atoms with Gasteiger partial charge >= 0.3 is 0 Å². The highest BCUT2D eigenvalue weighted by atomic mass is 32.1. The second-order valence-corrected chi connectivity index (χ2v) is 3.81. The molecule has 0 aliphatic rings. The van der Waals surface area contributed by atoms with E-state index in [1.54, 1.807) is 23.6 Å². The van der Waals surface area contributed by atoms with Crippen molar-refractivity contribution in [1.82, 2.24) is 4.98 Å². The van der Waals surface area contributed by atoms with Gasteiger partial charge in [-0.2, -0.15) is 16.6 Å². The van der Waals surface area contributed by atoms with E-state index in [2.05, 4.69) is 21.7 Å². The minimum Gasteiger partial charge on any atom is -0.380 e. The first-order chi connectivity index (χ1) is 7.38. The lowest BCUT2D eigenvalue weighted by atomic mass is 10.3. The molecule has 0 unspecified atom stereocenters. The van der Waals surface area contributed by atoms with Crippen LogP contribution in [0.5, 0.6) is 0 Å². The van der Waals surface area contributed by atoms with Gasteiger partial charge in [0.25, 0.3) is 0 Å². The first-order valence-electron chi connectivity index (χ1n) is 4.49. The van der Waals surface area contributed by atoms with Gasteiger partial charge in [-0.3, -0.25) is 0 Å². The van der Waals surface area contributed by atoms with Gasteiger partial charge in [0, 0.05) is 6.54 Å². The average molecular weight is 215 g/mol. The number of aromatic nitrogens is 1. The summed E-state index contributed by atoms with van der Waals surface area (Å²) in [6, 6.07) is 7.63. The summed E-state index contributed by atoms with van der Waals surface area (Å²) in [5, 5.41) is 16.0. The van der Waals surface area contributed by atoms with Crippen molar-refractivity contribution in [3.05, 3.63) is 46.4 Å². The van der Waals surface area contributed by atoms with Gasteiger partial charge in [0.15, 0.2) is 0 Å². The Balaban J connectivity index is 1.97. The summed E-state index contributed by atoms with van der Waals surface area (Å²) in [5.74, 6) is 0. The number of hydrogen-bond acceptors (Lipinski definition) is 4. The highest BCUT2D eigenvalue weighted by Gasteiger charge is 1.95. The molecule has 0 radical (unpaired) electrons. The van der Waals surface area contributed by atoms with Crippen molar-refractivity contribution in [2.45, 2.75) is 6.54 Å². The van der Waals surface area contributed by atoms with Crippen molar-refractivity contribution < 1.29 is 0 Å². The van der Waals surface area contributed by atoms with Crippen molar-refractivity contribution >= 4 is 17.0 Å². The Morgan fingerprint density at radius 2 is 2.33 bits per heavy atom. The van der Waals surface area contributed by atoms with E-state index < -0.39 is 0 Å². The fraction of sp³-hybridized carbons (Fsp3) is 0.0909. The van der Waals surface area contributed by atoms with Gasteiger partial charge in [0.1, 0.15) is 11.8 Å². The fourth-order valence-electron chi connectivity index (χ4n) is 1.16. The monoisotopic (exact) mass is 215 g/mol. The number of nitrogens with zero attached hydrogens (tertiary/aromatic N) is 2. The molecule has 0 bridgehead atoms. The summed E-state index contributed by atoms with van der Waals surface area (Å²) in [4.78, 5) is 3.98. The first kappa shape index (κ1) is 9.69. The summed E-state index contributed by atoms with van der Waals surface area (Å²) in [5.41, 5.74) is 2.63. The zero-order chi connectivity index (χ0) is 10.5. The number of thiophene rings is 1. The highest BCUT2D eigenvalue weighted by Crippen LogP contribution is 2.10. The minimum atomic E-state index is 0.441. The number of rotatable bonds is 3. The second kappa shape index (κ2) is 4.58. The molecule has 1 N–H and O–H groups in total. The number of pyridine rings is 1. The Hall–Kier alpha value is -1.86. The molecule has 4 heteroatoms. The molecular formula is C11H9N3S. The third-order valence-electron chi connectivity index (χ3n) is 1.95. The Bertz CT molecular complexity index is 454. The Morgan fingerprint density at radius 3 is 2.93 bits per heavy atom. The van der Waals surface area contributed by atoms with Crippen molar-refractivity contribution in [3.8, 4) is 6.07 Å². The SMILES string of the molecule is N#Cc1ccc(NCc2ccsc2)cn1. The molecule has 0 saturated heterocycles. The molecule has 2 heterocycles. The zero-order valence-corrected chi connectivity index (χ0v) is 8.79. The molecule has 0 atom stereocenters. The van der Waals surface area contributed by atoms with E-state index in [4.69, 9.17) is 5.26 Å². The molecule has 74 valence electrons. The van der Waals surface area contributed by atoms with Crippen LogP contribution in [-0.4, -0.2) is 4.98 Å². The predicted octanol–water partition coefficient (Wildman–Crippen LogP) is 2.63. The summed E-state index contributed by atoms with van der Waals surface area (Å²) >= 11 is 1.68. The molecule has 0 amide bonds. The molecule has 0 saturated carbocycles. The van der Waals surface area contributed by atoms with Crippen LogP contribution in [0, 0.1) is 11.3 Å². The van der Waals surface area contributed by atoms with Gasteiger partial charge in [-0.25, -0.2) is 4.98 Å². The third kappa shape index (κ3) is 2.55. The fourth-order valence-corrected chi connectivity index (χ4v) is 1.83. The van der Waals surface area contributed by atoms with Crippen molar-refractivity contribution in [2.24, 2.45) is 0 Å². The van der Waals surface area contributed by atoms with E-state index in [1.165, 1.54) is 5.56 Å². The van der Waals surface area contributed by atoms with Gasteiger partial charge in [-0.1, -0.05) is 0 Å². The van der Waals surface area contributed by atoms with Crippen LogP contribution in [0.4, 0.5) is 5.69 Å². The van der Waals surface area contributed by atoms with Gasteiger partial charge < -0.3 is 5.32 Å². The molecule has 0 spiro atoms. The van der Waals surface area contributed by atoms with Crippen LogP contribution < -0.4 is 5.32 Å². The molecule has 0 aliphatic carbocycles. The number of nitrogens with one attached hydrogen (secondary N) is 1. The number of anilines is 1. The summed E-state index contributed by atoms with van der Waals surface area (Å²) < 4.78 is 0. The molecule has 2 rings (SSSR count). The van der Waals surface area contributed by atoms with Crippen LogP contribution in [0.1, 0.15) is 11.3 Å². The van der Waals surface area contributed by atoms with Crippen LogP contribution in [0.2, 0.25) is 0 Å². The Morgan fingerprint density at radius 1 is 1.40 bits per heavy atom. The quantitative estimate of drug-likeness (QED) is 0.856. The number of nitriles is 1. The normalized spacial score (nSPS) is 9.53. The third-order valence-corrected chi connectivity index (χ3v) is 2.69. The van der Waals surface area contributed by atoms with Crippen LogP contribution in [0.25, 0.3) is 0 Å². The first-order valence-corrected chi connectivity index (χ1v) is 5.44. The van der Waals surface area contributed by atoms with Crippen molar-refractivity contribution in [2.75, 3.05) is 5.32 Å². The molecule has 2 aromatic rings. The largest absolute Gasteiger partial charge is 0.380 e. The second-order valence-electron chi connectivity index (χ2n) is 3.03. The lowest BCUT2D eigenvalue weighted by Crippen LogP contribution is -1.98. The average Bonchev–Trinajstić information content (AvgIpc) is 2.80. The number of hydrogen-bond donors (Lipinski definition) is 1. The summed E-state index contributed by atoms with van der Waals surface area (Å²) in [7, 11) is 0. The van der Waals surface area contributed by atoms with Crippen LogP contribution in [0.15, 0.2) is 35.2 Å². The maximum Gasteiger partial charge on any atom is 0.140 e. The lowest BCUT2D eigenvalue weighted by Gasteiger charge is -2.03. The Kier molecular flexibility index (Phi) is 2.96. The van der Waals surface area contributed by atoms with Crippen LogP contribution in [0.3, 0.4) is 0 Å². The predicted molar refractivity (Wildman–Crippen MR) is 60.6 cm³/mol. The standard InChI is InChI=1S/C11H9N3S/c12-5-10-1-2-11(7-14-10)13-6-9-3-4-15-8-9/h1-4,7-8,13H,6H2. The van der Waals surface area contributed by atoms with Crippen LogP contribution in [-0.2, 0) is 6.54 Å². The van der Waals surface area contributed by atoms with E-state index in [-0.39, 0.29) is 0 Å². The van der Waals surface area contributed by atoms with Gasteiger partial charge in [-0.15, -0.1) is 0 Å². The minimum absolute atomic E-state index is 0.441. The highest BCUT2D eigenvalue weighted by molar-refractivity contribution is 7.07. The topological polar surface area (TPSA) is 48.7 Å². The molecule has 0 aliphatic heterocycles. The smallest absolute Gasteiger partial charge is 0.140 e. The maximum absolute atomic E-state index is 8.58. The zero-order valence-electron chi connectivity index (χ0n) is 7.97. The molecule has 15 heavy (non-hydrogen) atoms. The van der Waals surface area contributed by atoms with Gasteiger partial charge in [-0.05, 0) is 34.5 Å². The molecule has 3 nitrogen and oxygen atoms in total. The summed E-state index contributed by atoms with van der Waals surface area (Å²) in [6.45, 7) is 0.789. The van der Waals surface area contributed by atoms with E-state index in [9.17, 15) is 0 Å². The molecule has 0 fully saturated rings. The molecular weight excluding hydrogens is 206 g/mol. The van der Waals surface area contributed by atoms with E-state index in [0.717, 1.165) is 12.2 Å². The van der Waals surface area contributed by atoms with Crippen molar-refractivity contribution in [1.29, 1.82) is 5.26 Å². The lowest BCUT2D eigenvalue weighted by molar-refractivity contribution is 1.14. The van der Waals surface area contributed by atoms with E-state index in [0.29, 0.717) is 5.69 Å². The van der Waals surface area contributed by atoms with Crippen LogP contribution >= 0.6 is 11.3 Å². The van der Waals surface area contributed by atoms with Crippen molar-refractivity contribution in [3.63, 3.8) is 0 Å². The van der Waals surface area contributed by atoms with Gasteiger partial charge in [0.05, 0.1) is 11.9 Å². The van der Waals surface area contributed by atoms with E-state index >= 15 is 0 Å². The van der Waals surface area contributed by atoms with Gasteiger partial charge in [0.2, 0.25) is 0 Å². The maximum atomic E-state index is 8.58. The molecule has 2 aromatic heterocycles. The van der Waals surface area contributed by atoms with E-state index in [1.807, 2.05) is 17.5 Å². The summed E-state index contributed by atoms with van der Waals surface area (Å²) in [6.07, 6.45) is 1.67. The Labute approximate surface area is 92.0 Å².